The molecule has 0 amide bonds. The number of halogens is 1. The summed E-state index contributed by atoms with van der Waals surface area (Å²) in [6.45, 7) is 2.63. The molecule has 0 aromatic heterocycles. The second kappa shape index (κ2) is 5.35. The standard InChI is InChI=1S/C13H18FN3O/c1-2-8-6-11(8)16-7-9-4-3-5-10(12(9)14)13(15)17-18/h3-5,8,11,16,18H,2,6-7H2,1H3,(H2,15,17). The fourth-order valence-corrected chi connectivity index (χ4v) is 2.16. The van der Waals surface area contributed by atoms with Crippen LogP contribution in [0.15, 0.2) is 23.4 Å². The van der Waals surface area contributed by atoms with Crippen molar-refractivity contribution in [1.82, 2.24) is 5.32 Å². The molecule has 98 valence electrons. The highest BCUT2D eigenvalue weighted by molar-refractivity contribution is 5.97. The third-order valence-corrected chi connectivity index (χ3v) is 3.46. The van der Waals surface area contributed by atoms with E-state index in [2.05, 4.69) is 17.4 Å². The zero-order valence-electron chi connectivity index (χ0n) is 10.4. The number of hydrogen-bond donors (Lipinski definition) is 3. The minimum Gasteiger partial charge on any atom is -0.409 e. The lowest BCUT2D eigenvalue weighted by Gasteiger charge is -2.08. The predicted octanol–water partition coefficient (Wildman–Crippen LogP) is 1.81. The number of nitrogens with two attached hydrogens (primary N) is 1. The van der Waals surface area contributed by atoms with Crippen LogP contribution in [0.2, 0.25) is 0 Å². The topological polar surface area (TPSA) is 70.6 Å². The van der Waals surface area contributed by atoms with Crippen molar-refractivity contribution >= 4 is 5.84 Å². The first-order valence-corrected chi connectivity index (χ1v) is 6.16. The zero-order valence-corrected chi connectivity index (χ0v) is 10.4. The van der Waals surface area contributed by atoms with Crippen molar-refractivity contribution in [1.29, 1.82) is 0 Å². The smallest absolute Gasteiger partial charge is 0.173 e. The summed E-state index contributed by atoms with van der Waals surface area (Å²) in [6.07, 6.45) is 2.32. The molecule has 1 saturated carbocycles. The Morgan fingerprint density at radius 3 is 3.00 bits per heavy atom. The highest BCUT2D eigenvalue weighted by atomic mass is 19.1. The molecule has 0 bridgehead atoms. The molecule has 1 aliphatic rings. The number of hydrogen-bond acceptors (Lipinski definition) is 3. The molecule has 0 saturated heterocycles. The molecule has 2 atom stereocenters. The van der Waals surface area contributed by atoms with Gasteiger partial charge in [0.25, 0.3) is 0 Å². The van der Waals surface area contributed by atoms with Gasteiger partial charge in [-0.2, -0.15) is 0 Å². The lowest BCUT2D eigenvalue weighted by molar-refractivity contribution is 0.318. The van der Waals surface area contributed by atoms with Gasteiger partial charge >= 0.3 is 0 Å². The SMILES string of the molecule is CCC1CC1NCc1cccc(/C(N)=N/O)c1F. The monoisotopic (exact) mass is 251 g/mol. The molecular weight excluding hydrogens is 233 g/mol. The molecule has 1 aromatic rings. The molecule has 1 aromatic carbocycles. The molecule has 4 N–H and O–H groups in total. The first kappa shape index (κ1) is 12.8. The van der Waals surface area contributed by atoms with Crippen molar-refractivity contribution in [2.24, 2.45) is 16.8 Å². The van der Waals surface area contributed by atoms with E-state index in [1.54, 1.807) is 12.1 Å². The van der Waals surface area contributed by atoms with E-state index in [1.165, 1.54) is 6.07 Å². The van der Waals surface area contributed by atoms with Crippen LogP contribution >= 0.6 is 0 Å². The summed E-state index contributed by atoms with van der Waals surface area (Å²) in [5.74, 6) is 0.0986. The second-order valence-corrected chi connectivity index (χ2v) is 4.66. The average Bonchev–Trinajstić information content (AvgIpc) is 3.15. The Labute approximate surface area is 106 Å². The lowest BCUT2D eigenvalue weighted by atomic mass is 10.1. The van der Waals surface area contributed by atoms with E-state index in [0.29, 0.717) is 18.2 Å². The average molecular weight is 251 g/mol. The van der Waals surface area contributed by atoms with Gasteiger partial charge in [0.2, 0.25) is 0 Å². The number of nitrogens with zero attached hydrogens (tertiary/aromatic N) is 1. The van der Waals surface area contributed by atoms with Crippen molar-refractivity contribution in [3.8, 4) is 0 Å². The number of nitrogens with one attached hydrogen (secondary N) is 1. The van der Waals surface area contributed by atoms with Crippen LogP contribution in [0.1, 0.15) is 30.9 Å². The van der Waals surface area contributed by atoms with Gasteiger partial charge in [0.15, 0.2) is 5.84 Å². The Morgan fingerprint density at radius 1 is 1.61 bits per heavy atom. The normalized spacial score (nSPS) is 23.1. The summed E-state index contributed by atoms with van der Waals surface area (Å²) >= 11 is 0. The van der Waals surface area contributed by atoms with Crippen LogP contribution in [0, 0.1) is 11.7 Å². The molecule has 0 radical (unpaired) electrons. The Hall–Kier alpha value is -1.62. The van der Waals surface area contributed by atoms with Crippen LogP contribution < -0.4 is 11.1 Å². The maximum atomic E-state index is 14.0. The first-order chi connectivity index (χ1) is 8.67. The lowest BCUT2D eigenvalue weighted by Crippen LogP contribution is -2.20. The molecule has 0 heterocycles. The first-order valence-electron chi connectivity index (χ1n) is 6.16. The van der Waals surface area contributed by atoms with Crippen molar-refractivity contribution in [3.63, 3.8) is 0 Å². The van der Waals surface area contributed by atoms with Crippen LogP contribution in [-0.4, -0.2) is 17.1 Å². The molecule has 1 aliphatic carbocycles. The van der Waals surface area contributed by atoms with Crippen LogP contribution in [0.4, 0.5) is 4.39 Å². The molecule has 0 spiro atoms. The van der Waals surface area contributed by atoms with Crippen molar-refractivity contribution in [3.05, 3.63) is 35.1 Å². The van der Waals surface area contributed by atoms with Crippen LogP contribution in [0.5, 0.6) is 0 Å². The Kier molecular flexibility index (Phi) is 3.81. The van der Waals surface area contributed by atoms with E-state index in [4.69, 9.17) is 10.9 Å². The van der Waals surface area contributed by atoms with Crippen LogP contribution in [-0.2, 0) is 6.54 Å². The van der Waals surface area contributed by atoms with Crippen molar-refractivity contribution in [2.45, 2.75) is 32.4 Å². The van der Waals surface area contributed by atoms with E-state index in [-0.39, 0.29) is 11.4 Å². The van der Waals surface area contributed by atoms with Crippen molar-refractivity contribution in [2.75, 3.05) is 0 Å². The fraction of sp³-hybridized carbons (Fsp3) is 0.462. The highest BCUT2D eigenvalue weighted by Gasteiger charge is 2.34. The number of rotatable bonds is 5. The number of amidine groups is 1. The Balaban J connectivity index is 2.05. The van der Waals surface area contributed by atoms with Gasteiger partial charge in [0.05, 0.1) is 5.56 Å². The number of benzene rings is 1. The Bertz CT molecular complexity index is 462. The van der Waals surface area contributed by atoms with E-state index >= 15 is 0 Å². The summed E-state index contributed by atoms with van der Waals surface area (Å²) < 4.78 is 14.0. The van der Waals surface area contributed by atoms with Crippen LogP contribution in [0.25, 0.3) is 0 Å². The minimum absolute atomic E-state index is 0.139. The van der Waals surface area contributed by atoms with Gasteiger partial charge in [-0.15, -0.1) is 0 Å². The summed E-state index contributed by atoms with van der Waals surface area (Å²) in [5, 5.41) is 14.7. The maximum absolute atomic E-state index is 14.0. The van der Waals surface area contributed by atoms with E-state index in [0.717, 1.165) is 18.8 Å². The van der Waals surface area contributed by atoms with Gasteiger partial charge in [0, 0.05) is 18.2 Å². The molecule has 1 fully saturated rings. The quantitative estimate of drug-likeness (QED) is 0.323. The largest absolute Gasteiger partial charge is 0.409 e. The van der Waals surface area contributed by atoms with E-state index in [9.17, 15) is 4.39 Å². The van der Waals surface area contributed by atoms with Gasteiger partial charge < -0.3 is 16.3 Å². The minimum atomic E-state index is -0.422. The number of oxime groups is 1. The van der Waals surface area contributed by atoms with Gasteiger partial charge in [-0.3, -0.25) is 0 Å². The van der Waals surface area contributed by atoms with Gasteiger partial charge in [0.1, 0.15) is 5.82 Å². The zero-order chi connectivity index (χ0) is 13.1. The summed E-state index contributed by atoms with van der Waals surface area (Å²) in [4.78, 5) is 0. The molecule has 18 heavy (non-hydrogen) atoms. The summed E-state index contributed by atoms with van der Waals surface area (Å²) in [6, 6.07) is 5.42. The van der Waals surface area contributed by atoms with Gasteiger partial charge in [-0.05, 0) is 18.4 Å². The summed E-state index contributed by atoms with van der Waals surface area (Å²) in [5.41, 5.74) is 6.10. The second-order valence-electron chi connectivity index (χ2n) is 4.66. The molecule has 5 heteroatoms. The third-order valence-electron chi connectivity index (χ3n) is 3.46. The molecular formula is C13H18FN3O. The molecule has 2 rings (SSSR count). The van der Waals surface area contributed by atoms with E-state index < -0.39 is 5.82 Å². The summed E-state index contributed by atoms with van der Waals surface area (Å²) in [7, 11) is 0. The maximum Gasteiger partial charge on any atom is 0.173 e. The van der Waals surface area contributed by atoms with Crippen molar-refractivity contribution < 1.29 is 9.60 Å². The van der Waals surface area contributed by atoms with Gasteiger partial charge in [-0.25, -0.2) is 4.39 Å². The highest BCUT2D eigenvalue weighted by Crippen LogP contribution is 2.33. The Morgan fingerprint density at radius 2 is 2.39 bits per heavy atom. The fourth-order valence-electron chi connectivity index (χ4n) is 2.16. The van der Waals surface area contributed by atoms with E-state index in [1.807, 2.05) is 0 Å². The van der Waals surface area contributed by atoms with Crippen LogP contribution in [0.3, 0.4) is 0 Å². The molecule has 2 unspecified atom stereocenters. The van der Waals surface area contributed by atoms with Gasteiger partial charge in [-0.1, -0.05) is 30.6 Å². The third kappa shape index (κ3) is 2.61. The predicted molar refractivity (Wildman–Crippen MR) is 67.9 cm³/mol. The molecule has 0 aliphatic heterocycles. The molecule has 4 nitrogen and oxygen atoms in total.